The number of nitrogens with zero attached hydrogens (tertiary/aromatic N) is 2. The summed E-state index contributed by atoms with van der Waals surface area (Å²) in [4.78, 5) is 4.29. The van der Waals surface area contributed by atoms with Crippen LogP contribution >= 0.6 is 0 Å². The third-order valence-electron chi connectivity index (χ3n) is 2.34. The van der Waals surface area contributed by atoms with Gasteiger partial charge in [0.2, 0.25) is 11.7 Å². The van der Waals surface area contributed by atoms with E-state index in [-0.39, 0.29) is 0 Å². The first-order chi connectivity index (χ1) is 8.33. The molecule has 0 unspecified atom stereocenters. The lowest BCUT2D eigenvalue weighted by Crippen LogP contribution is -1.95. The van der Waals surface area contributed by atoms with Crippen LogP contribution in [0.2, 0.25) is 0 Å². The van der Waals surface area contributed by atoms with E-state index in [0.29, 0.717) is 11.7 Å². The van der Waals surface area contributed by atoms with Gasteiger partial charge in [-0.3, -0.25) is 0 Å². The first-order valence-electron chi connectivity index (χ1n) is 5.89. The van der Waals surface area contributed by atoms with Gasteiger partial charge in [0.05, 0.1) is 6.61 Å². The van der Waals surface area contributed by atoms with Crippen LogP contribution < -0.4 is 4.74 Å². The number of hydrogen-bond acceptors (Lipinski definition) is 4. The number of hydrogen-bond donors (Lipinski definition) is 0. The maximum Gasteiger partial charge on any atom is 0.226 e. The summed E-state index contributed by atoms with van der Waals surface area (Å²) < 4.78 is 10.7. The molecule has 0 saturated heterocycles. The first kappa shape index (κ1) is 11.6. The predicted octanol–water partition coefficient (Wildman–Crippen LogP) is 3.09. The van der Waals surface area contributed by atoms with Gasteiger partial charge in [-0.2, -0.15) is 4.98 Å². The molecule has 0 fully saturated rings. The van der Waals surface area contributed by atoms with Crippen molar-refractivity contribution in [3.8, 4) is 17.1 Å². The normalized spacial score (nSPS) is 10.5. The van der Waals surface area contributed by atoms with Crippen LogP contribution in [-0.4, -0.2) is 16.7 Å². The molecule has 0 aliphatic heterocycles. The topological polar surface area (TPSA) is 48.2 Å². The van der Waals surface area contributed by atoms with E-state index in [9.17, 15) is 0 Å². The van der Waals surface area contributed by atoms with E-state index in [4.69, 9.17) is 9.26 Å². The van der Waals surface area contributed by atoms with Crippen LogP contribution in [0.4, 0.5) is 0 Å². The molecule has 17 heavy (non-hydrogen) atoms. The van der Waals surface area contributed by atoms with Crippen molar-refractivity contribution in [2.75, 3.05) is 6.61 Å². The third-order valence-corrected chi connectivity index (χ3v) is 2.34. The minimum atomic E-state index is 0.615. The molecule has 0 N–H and O–H groups in total. The fourth-order valence-electron chi connectivity index (χ4n) is 1.46. The Balaban J connectivity index is 2.20. The lowest BCUT2D eigenvalue weighted by molar-refractivity contribution is 0.317. The Labute approximate surface area is 101 Å². The summed E-state index contributed by atoms with van der Waals surface area (Å²) in [6, 6.07) is 7.74. The van der Waals surface area contributed by atoms with E-state index >= 15 is 0 Å². The highest BCUT2D eigenvalue weighted by atomic mass is 16.5. The van der Waals surface area contributed by atoms with E-state index in [1.54, 1.807) is 0 Å². The van der Waals surface area contributed by atoms with Gasteiger partial charge in [-0.25, -0.2) is 0 Å². The van der Waals surface area contributed by atoms with Crippen LogP contribution in [0.25, 0.3) is 11.4 Å². The first-order valence-corrected chi connectivity index (χ1v) is 5.89. The number of aryl methyl sites for hydroxylation is 1. The molecule has 0 bridgehead atoms. The van der Waals surface area contributed by atoms with Crippen LogP contribution in [0.3, 0.4) is 0 Å². The van der Waals surface area contributed by atoms with Crippen LogP contribution in [-0.2, 0) is 6.42 Å². The van der Waals surface area contributed by atoms with Crippen molar-refractivity contribution in [3.05, 3.63) is 30.2 Å². The summed E-state index contributed by atoms with van der Waals surface area (Å²) in [6.07, 6.45) is 1.74. The SMILES string of the molecule is CCCOc1cccc(-c2noc(CC)n2)c1. The van der Waals surface area contributed by atoms with E-state index in [0.717, 1.165) is 30.8 Å². The average molecular weight is 232 g/mol. The minimum Gasteiger partial charge on any atom is -0.494 e. The van der Waals surface area contributed by atoms with Gasteiger partial charge in [-0.15, -0.1) is 0 Å². The maximum atomic E-state index is 5.56. The monoisotopic (exact) mass is 232 g/mol. The number of ether oxygens (including phenoxy) is 1. The zero-order valence-corrected chi connectivity index (χ0v) is 10.1. The Kier molecular flexibility index (Phi) is 3.75. The smallest absolute Gasteiger partial charge is 0.226 e. The molecule has 4 heteroatoms. The third kappa shape index (κ3) is 2.84. The Hall–Kier alpha value is -1.84. The van der Waals surface area contributed by atoms with Crippen LogP contribution in [0.15, 0.2) is 28.8 Å². The Bertz CT molecular complexity index is 480. The molecular weight excluding hydrogens is 216 g/mol. The van der Waals surface area contributed by atoms with Gasteiger partial charge < -0.3 is 9.26 Å². The molecule has 0 spiro atoms. The van der Waals surface area contributed by atoms with Gasteiger partial charge in [0.1, 0.15) is 5.75 Å². The summed E-state index contributed by atoms with van der Waals surface area (Å²) in [5.74, 6) is 2.11. The van der Waals surface area contributed by atoms with Gasteiger partial charge in [-0.1, -0.05) is 31.1 Å². The molecule has 90 valence electrons. The highest BCUT2D eigenvalue weighted by molar-refractivity contribution is 5.56. The molecule has 1 heterocycles. The van der Waals surface area contributed by atoms with Crippen LogP contribution in [0, 0.1) is 0 Å². The van der Waals surface area contributed by atoms with Gasteiger partial charge in [0.15, 0.2) is 0 Å². The fraction of sp³-hybridized carbons (Fsp3) is 0.385. The molecule has 2 aromatic rings. The Morgan fingerprint density at radius 3 is 2.88 bits per heavy atom. The quantitative estimate of drug-likeness (QED) is 0.794. The second kappa shape index (κ2) is 5.48. The number of benzene rings is 1. The molecule has 2 rings (SSSR count). The number of rotatable bonds is 5. The highest BCUT2D eigenvalue weighted by Crippen LogP contribution is 2.21. The summed E-state index contributed by atoms with van der Waals surface area (Å²) in [5, 5.41) is 3.94. The molecule has 0 aliphatic carbocycles. The van der Waals surface area contributed by atoms with Crippen molar-refractivity contribution in [1.29, 1.82) is 0 Å². The van der Waals surface area contributed by atoms with Crippen molar-refractivity contribution in [2.24, 2.45) is 0 Å². The molecular formula is C13H16N2O2. The second-order valence-electron chi connectivity index (χ2n) is 3.74. The zero-order chi connectivity index (χ0) is 12.1. The average Bonchev–Trinajstić information content (AvgIpc) is 2.85. The van der Waals surface area contributed by atoms with E-state index < -0.39 is 0 Å². The molecule has 1 aromatic heterocycles. The molecule has 0 radical (unpaired) electrons. The van der Waals surface area contributed by atoms with E-state index in [1.807, 2.05) is 31.2 Å². The summed E-state index contributed by atoms with van der Waals surface area (Å²) >= 11 is 0. The molecule has 0 aliphatic rings. The van der Waals surface area contributed by atoms with E-state index in [2.05, 4.69) is 17.1 Å². The molecule has 0 atom stereocenters. The summed E-state index contributed by atoms with van der Waals surface area (Å²) in [7, 11) is 0. The Morgan fingerprint density at radius 2 is 2.18 bits per heavy atom. The second-order valence-corrected chi connectivity index (χ2v) is 3.74. The fourth-order valence-corrected chi connectivity index (χ4v) is 1.46. The molecule has 4 nitrogen and oxygen atoms in total. The van der Waals surface area contributed by atoms with Crippen molar-refractivity contribution in [1.82, 2.24) is 10.1 Å². The van der Waals surface area contributed by atoms with Crippen molar-refractivity contribution in [2.45, 2.75) is 26.7 Å². The van der Waals surface area contributed by atoms with Crippen molar-refractivity contribution >= 4 is 0 Å². The lowest BCUT2D eigenvalue weighted by atomic mass is 10.2. The van der Waals surface area contributed by atoms with Crippen LogP contribution in [0.5, 0.6) is 5.75 Å². The summed E-state index contributed by atoms with van der Waals surface area (Å²) in [5.41, 5.74) is 0.919. The molecule has 0 saturated carbocycles. The maximum absolute atomic E-state index is 5.56. The number of aromatic nitrogens is 2. The Morgan fingerprint density at radius 1 is 1.29 bits per heavy atom. The largest absolute Gasteiger partial charge is 0.494 e. The molecule has 0 amide bonds. The van der Waals surface area contributed by atoms with E-state index in [1.165, 1.54) is 0 Å². The van der Waals surface area contributed by atoms with Crippen molar-refractivity contribution in [3.63, 3.8) is 0 Å². The molecule has 1 aromatic carbocycles. The highest BCUT2D eigenvalue weighted by Gasteiger charge is 2.07. The minimum absolute atomic E-state index is 0.615. The standard InChI is InChI=1S/C13H16N2O2/c1-3-8-16-11-7-5-6-10(9-11)13-14-12(4-2)17-15-13/h5-7,9H,3-4,8H2,1-2H3. The van der Waals surface area contributed by atoms with Crippen LogP contribution in [0.1, 0.15) is 26.2 Å². The summed E-state index contributed by atoms with van der Waals surface area (Å²) in [6.45, 7) is 4.78. The van der Waals surface area contributed by atoms with Gasteiger partial charge >= 0.3 is 0 Å². The zero-order valence-electron chi connectivity index (χ0n) is 10.1. The van der Waals surface area contributed by atoms with Gasteiger partial charge in [0, 0.05) is 12.0 Å². The lowest BCUT2D eigenvalue weighted by Gasteiger charge is -2.04. The van der Waals surface area contributed by atoms with Crippen molar-refractivity contribution < 1.29 is 9.26 Å². The predicted molar refractivity (Wildman–Crippen MR) is 64.9 cm³/mol. The van der Waals surface area contributed by atoms with Gasteiger partial charge in [0.25, 0.3) is 0 Å². The van der Waals surface area contributed by atoms with Gasteiger partial charge in [-0.05, 0) is 18.6 Å².